The molecule has 0 amide bonds. The summed E-state index contributed by atoms with van der Waals surface area (Å²) >= 11 is 8.07. The Hall–Kier alpha value is -0.380. The summed E-state index contributed by atoms with van der Waals surface area (Å²) < 4.78 is 0. The van der Waals surface area contributed by atoms with E-state index in [1.54, 1.807) is 0 Å². The van der Waals surface area contributed by atoms with Crippen LogP contribution in [0, 0.1) is 0 Å². The average molecular weight is 315 g/mol. The summed E-state index contributed by atoms with van der Waals surface area (Å²) in [7, 11) is 2.15. The Morgan fingerprint density at radius 3 is 2.70 bits per heavy atom. The minimum absolute atomic E-state index is 0.213. The predicted octanol–water partition coefficient (Wildman–Crippen LogP) is 4.20. The summed E-state index contributed by atoms with van der Waals surface area (Å²) in [5.41, 5.74) is 8.62. The van der Waals surface area contributed by atoms with Gasteiger partial charge in [0.15, 0.2) is 0 Å². The van der Waals surface area contributed by atoms with Gasteiger partial charge in [0.2, 0.25) is 0 Å². The molecule has 114 valence electrons. The van der Waals surface area contributed by atoms with Gasteiger partial charge in [-0.2, -0.15) is 11.8 Å². The fourth-order valence-electron chi connectivity index (χ4n) is 2.18. The first-order valence-electron chi connectivity index (χ1n) is 7.25. The fraction of sp³-hybridized carbons (Fsp3) is 0.625. The first-order chi connectivity index (χ1) is 9.49. The van der Waals surface area contributed by atoms with Crippen LogP contribution in [0.1, 0.15) is 32.3 Å². The molecule has 1 aromatic carbocycles. The van der Waals surface area contributed by atoms with E-state index in [1.165, 1.54) is 23.4 Å². The SMILES string of the molecule is CCC(N)Cc1ccc(Cl)cc1N(C)C(C)CCSC. The maximum absolute atomic E-state index is 6.18. The second-order valence-corrected chi connectivity index (χ2v) is 6.81. The molecule has 0 saturated heterocycles. The Morgan fingerprint density at radius 2 is 2.10 bits per heavy atom. The zero-order valence-electron chi connectivity index (χ0n) is 13.0. The molecule has 20 heavy (non-hydrogen) atoms. The molecule has 0 fully saturated rings. The highest BCUT2D eigenvalue weighted by Crippen LogP contribution is 2.27. The highest BCUT2D eigenvalue weighted by Gasteiger charge is 2.15. The van der Waals surface area contributed by atoms with Crippen molar-refractivity contribution in [2.24, 2.45) is 5.73 Å². The second kappa shape index (κ2) is 8.81. The van der Waals surface area contributed by atoms with Crippen LogP contribution in [-0.4, -0.2) is 31.1 Å². The standard InChI is InChI=1S/C16H27ClN2S/c1-5-15(18)10-13-6-7-14(17)11-16(13)19(3)12(2)8-9-20-4/h6-7,11-12,15H,5,8-10,18H2,1-4H3. The summed E-state index contributed by atoms with van der Waals surface area (Å²) in [6.45, 7) is 4.39. The average Bonchev–Trinajstić information content (AvgIpc) is 2.45. The summed E-state index contributed by atoms with van der Waals surface area (Å²) in [5.74, 6) is 1.18. The van der Waals surface area contributed by atoms with Gasteiger partial charge in [0, 0.05) is 29.8 Å². The van der Waals surface area contributed by atoms with Crippen LogP contribution in [0.15, 0.2) is 18.2 Å². The highest BCUT2D eigenvalue weighted by atomic mass is 35.5. The van der Waals surface area contributed by atoms with E-state index in [9.17, 15) is 0 Å². The molecule has 2 N–H and O–H groups in total. The summed E-state index contributed by atoms with van der Waals surface area (Å²) in [5, 5.41) is 0.790. The van der Waals surface area contributed by atoms with E-state index in [4.69, 9.17) is 17.3 Å². The molecule has 0 aliphatic heterocycles. The first kappa shape index (κ1) is 17.7. The third-order valence-corrected chi connectivity index (χ3v) is 4.71. The van der Waals surface area contributed by atoms with Gasteiger partial charge < -0.3 is 10.6 Å². The number of anilines is 1. The van der Waals surface area contributed by atoms with Crippen LogP contribution < -0.4 is 10.6 Å². The van der Waals surface area contributed by atoms with Crippen LogP contribution in [0.25, 0.3) is 0 Å². The number of thioether (sulfide) groups is 1. The number of hydrogen-bond acceptors (Lipinski definition) is 3. The van der Waals surface area contributed by atoms with E-state index in [1.807, 2.05) is 17.8 Å². The molecule has 0 aliphatic carbocycles. The van der Waals surface area contributed by atoms with Gasteiger partial charge >= 0.3 is 0 Å². The quantitative estimate of drug-likeness (QED) is 0.780. The Bertz CT molecular complexity index is 411. The van der Waals surface area contributed by atoms with Crippen LogP contribution >= 0.6 is 23.4 Å². The van der Waals surface area contributed by atoms with Gasteiger partial charge in [-0.3, -0.25) is 0 Å². The summed E-state index contributed by atoms with van der Waals surface area (Å²) in [4.78, 5) is 2.33. The van der Waals surface area contributed by atoms with E-state index in [0.29, 0.717) is 6.04 Å². The van der Waals surface area contributed by atoms with Crippen LogP contribution in [0.3, 0.4) is 0 Å². The lowest BCUT2D eigenvalue weighted by Gasteiger charge is -2.30. The Balaban J connectivity index is 2.92. The number of benzene rings is 1. The van der Waals surface area contributed by atoms with Crippen molar-refractivity contribution in [2.75, 3.05) is 24.0 Å². The molecule has 0 radical (unpaired) electrons. The monoisotopic (exact) mass is 314 g/mol. The number of rotatable bonds is 8. The van der Waals surface area contributed by atoms with Gasteiger partial charge in [0.05, 0.1) is 0 Å². The largest absolute Gasteiger partial charge is 0.372 e. The normalized spacial score (nSPS) is 14.1. The first-order valence-corrected chi connectivity index (χ1v) is 9.02. The number of halogens is 1. The molecular weight excluding hydrogens is 288 g/mol. The predicted molar refractivity (Wildman–Crippen MR) is 94.3 cm³/mol. The smallest absolute Gasteiger partial charge is 0.0426 e. The molecule has 2 atom stereocenters. The van der Waals surface area contributed by atoms with Crippen molar-refractivity contribution >= 4 is 29.1 Å². The van der Waals surface area contributed by atoms with E-state index in [2.05, 4.69) is 44.2 Å². The lowest BCUT2D eigenvalue weighted by atomic mass is 10.0. The maximum atomic E-state index is 6.18. The molecule has 0 bridgehead atoms. The Kier molecular flexibility index (Phi) is 7.78. The number of nitrogens with two attached hydrogens (primary N) is 1. The molecule has 2 unspecified atom stereocenters. The molecule has 0 heterocycles. The highest BCUT2D eigenvalue weighted by molar-refractivity contribution is 7.98. The zero-order chi connectivity index (χ0) is 15.1. The summed E-state index contributed by atoms with van der Waals surface area (Å²) in [6.07, 6.45) is 5.22. The van der Waals surface area contributed by atoms with Crippen molar-refractivity contribution < 1.29 is 0 Å². The number of hydrogen-bond donors (Lipinski definition) is 1. The van der Waals surface area contributed by atoms with Crippen molar-refractivity contribution in [3.05, 3.63) is 28.8 Å². The third-order valence-electron chi connectivity index (χ3n) is 3.83. The van der Waals surface area contributed by atoms with E-state index in [0.717, 1.165) is 17.9 Å². The van der Waals surface area contributed by atoms with Gasteiger partial charge in [0.1, 0.15) is 0 Å². The molecule has 0 spiro atoms. The van der Waals surface area contributed by atoms with Crippen LogP contribution in [0.4, 0.5) is 5.69 Å². The minimum atomic E-state index is 0.213. The van der Waals surface area contributed by atoms with Gasteiger partial charge in [0.25, 0.3) is 0 Å². The Morgan fingerprint density at radius 1 is 1.40 bits per heavy atom. The van der Waals surface area contributed by atoms with Crippen molar-refractivity contribution in [1.29, 1.82) is 0 Å². The van der Waals surface area contributed by atoms with Gasteiger partial charge in [-0.05, 0) is 55.9 Å². The van der Waals surface area contributed by atoms with Crippen LogP contribution in [0.5, 0.6) is 0 Å². The molecule has 0 saturated carbocycles. The van der Waals surface area contributed by atoms with Crippen LogP contribution in [0.2, 0.25) is 5.02 Å². The zero-order valence-corrected chi connectivity index (χ0v) is 14.6. The third kappa shape index (κ3) is 5.19. The second-order valence-electron chi connectivity index (χ2n) is 5.39. The topological polar surface area (TPSA) is 29.3 Å². The lowest BCUT2D eigenvalue weighted by Crippen LogP contribution is -2.31. The molecular formula is C16H27ClN2S. The van der Waals surface area contributed by atoms with Gasteiger partial charge in [-0.15, -0.1) is 0 Å². The molecule has 4 heteroatoms. The fourth-order valence-corrected chi connectivity index (χ4v) is 2.93. The van der Waals surface area contributed by atoms with Gasteiger partial charge in [-0.25, -0.2) is 0 Å². The molecule has 2 nitrogen and oxygen atoms in total. The van der Waals surface area contributed by atoms with Crippen molar-refractivity contribution in [1.82, 2.24) is 0 Å². The van der Waals surface area contributed by atoms with Crippen molar-refractivity contribution in [2.45, 2.75) is 45.2 Å². The van der Waals surface area contributed by atoms with Gasteiger partial charge in [-0.1, -0.05) is 24.6 Å². The van der Waals surface area contributed by atoms with Crippen LogP contribution in [-0.2, 0) is 6.42 Å². The van der Waals surface area contributed by atoms with E-state index in [-0.39, 0.29) is 6.04 Å². The Labute approximate surface area is 133 Å². The molecule has 0 aliphatic rings. The number of nitrogens with zero attached hydrogens (tertiary/aromatic N) is 1. The lowest BCUT2D eigenvalue weighted by molar-refractivity contribution is 0.634. The summed E-state index contributed by atoms with van der Waals surface area (Å²) in [6, 6.07) is 6.85. The van der Waals surface area contributed by atoms with Crippen molar-refractivity contribution in [3.63, 3.8) is 0 Å². The van der Waals surface area contributed by atoms with Crippen molar-refractivity contribution in [3.8, 4) is 0 Å². The minimum Gasteiger partial charge on any atom is -0.372 e. The molecule has 0 aromatic heterocycles. The molecule has 1 aromatic rings. The maximum Gasteiger partial charge on any atom is 0.0426 e. The van der Waals surface area contributed by atoms with E-state index >= 15 is 0 Å². The molecule has 1 rings (SSSR count). The van der Waals surface area contributed by atoms with E-state index < -0.39 is 0 Å².